The molecule has 3 rings (SSSR count). The van der Waals surface area contributed by atoms with Gasteiger partial charge in [-0.2, -0.15) is 13.2 Å². The van der Waals surface area contributed by atoms with Crippen LogP contribution in [0.1, 0.15) is 37.9 Å². The van der Waals surface area contributed by atoms with Gasteiger partial charge >= 0.3 is 6.18 Å². The molecule has 7 heteroatoms. The van der Waals surface area contributed by atoms with Crippen LogP contribution in [0.2, 0.25) is 5.02 Å². The molecule has 1 unspecified atom stereocenters. The molecule has 2 aromatic carbocycles. The van der Waals surface area contributed by atoms with Crippen LogP contribution in [-0.2, 0) is 6.18 Å². The first-order valence-corrected chi connectivity index (χ1v) is 9.98. The van der Waals surface area contributed by atoms with Crippen LogP contribution in [-0.4, -0.2) is 10.8 Å². The van der Waals surface area contributed by atoms with E-state index in [1.54, 1.807) is 12.1 Å². The van der Waals surface area contributed by atoms with Crippen LogP contribution in [0.5, 0.6) is 0 Å². The van der Waals surface area contributed by atoms with E-state index in [0.717, 1.165) is 40.7 Å². The molecular weight excluding hydrogens is 419 g/mol. The zero-order valence-corrected chi connectivity index (χ0v) is 17.2. The van der Waals surface area contributed by atoms with Crippen molar-refractivity contribution in [2.24, 2.45) is 0 Å². The van der Waals surface area contributed by atoms with Gasteiger partial charge in [-0.25, -0.2) is 4.98 Å². The van der Waals surface area contributed by atoms with Gasteiger partial charge in [-0.3, -0.25) is 4.79 Å². The predicted octanol–water partition coefficient (Wildman–Crippen LogP) is 7.09. The molecule has 0 aliphatic rings. The normalized spacial score (nSPS) is 12.6. The number of pyridine rings is 1. The van der Waals surface area contributed by atoms with Gasteiger partial charge in [0, 0.05) is 11.8 Å². The number of aromatic nitrogens is 1. The largest absolute Gasteiger partial charge is 0.417 e. The summed E-state index contributed by atoms with van der Waals surface area (Å²) >= 11 is 7.11. The number of ketones is 1. The number of Topliss-reactive ketones (excluding diaryl/α,β-unsaturated/α-hetero) is 1. The molecule has 0 N–H and O–H groups in total. The molecular formula is C22H17ClF3NOS. The quantitative estimate of drug-likeness (QED) is 0.316. The van der Waals surface area contributed by atoms with Gasteiger partial charge in [0.2, 0.25) is 0 Å². The van der Waals surface area contributed by atoms with E-state index in [2.05, 4.69) is 4.98 Å². The molecule has 150 valence electrons. The summed E-state index contributed by atoms with van der Waals surface area (Å²) in [6.45, 7) is 3.86. The Morgan fingerprint density at radius 3 is 2.07 bits per heavy atom. The topological polar surface area (TPSA) is 30.0 Å². The van der Waals surface area contributed by atoms with Crippen LogP contribution in [0.25, 0.3) is 0 Å². The Bertz CT molecular complexity index is 1020. The fourth-order valence-electron chi connectivity index (χ4n) is 2.66. The van der Waals surface area contributed by atoms with Crippen molar-refractivity contribution in [1.29, 1.82) is 0 Å². The molecule has 29 heavy (non-hydrogen) atoms. The maximum atomic E-state index is 13.2. The van der Waals surface area contributed by atoms with Crippen LogP contribution >= 0.6 is 23.4 Å². The van der Waals surface area contributed by atoms with Crippen molar-refractivity contribution in [2.75, 3.05) is 0 Å². The number of aryl methyl sites for hydroxylation is 2. The van der Waals surface area contributed by atoms with Crippen molar-refractivity contribution in [2.45, 2.75) is 30.3 Å². The Morgan fingerprint density at radius 1 is 1.00 bits per heavy atom. The van der Waals surface area contributed by atoms with E-state index in [1.165, 1.54) is 0 Å². The minimum absolute atomic E-state index is 0.140. The third-order valence-corrected chi connectivity index (χ3v) is 5.99. The Morgan fingerprint density at radius 2 is 1.55 bits per heavy atom. The van der Waals surface area contributed by atoms with Crippen molar-refractivity contribution in [3.8, 4) is 0 Å². The molecule has 0 radical (unpaired) electrons. The highest BCUT2D eigenvalue weighted by molar-refractivity contribution is 8.00. The second-order valence-corrected chi connectivity index (χ2v) is 8.15. The Balaban J connectivity index is 1.98. The Hall–Kier alpha value is -2.31. The molecule has 0 fully saturated rings. The lowest BCUT2D eigenvalue weighted by atomic mass is 10.0. The number of alkyl halides is 3. The van der Waals surface area contributed by atoms with Crippen molar-refractivity contribution < 1.29 is 18.0 Å². The summed E-state index contributed by atoms with van der Waals surface area (Å²) in [5, 5.41) is -0.663. The van der Waals surface area contributed by atoms with Crippen molar-refractivity contribution >= 4 is 29.1 Å². The van der Waals surface area contributed by atoms with Crippen LogP contribution in [0, 0.1) is 13.8 Å². The van der Waals surface area contributed by atoms with E-state index in [-0.39, 0.29) is 15.8 Å². The highest BCUT2D eigenvalue weighted by atomic mass is 35.5. The van der Waals surface area contributed by atoms with Gasteiger partial charge in [0.25, 0.3) is 0 Å². The van der Waals surface area contributed by atoms with Gasteiger partial charge in [0.15, 0.2) is 5.78 Å². The number of carbonyl (C=O) groups is 1. The lowest BCUT2D eigenvalue weighted by Gasteiger charge is -2.17. The van der Waals surface area contributed by atoms with E-state index in [1.807, 2.05) is 50.2 Å². The molecule has 1 aromatic heterocycles. The lowest BCUT2D eigenvalue weighted by molar-refractivity contribution is -0.137. The van der Waals surface area contributed by atoms with E-state index in [9.17, 15) is 18.0 Å². The molecule has 0 amide bonds. The molecule has 0 bridgehead atoms. The second-order valence-electron chi connectivity index (χ2n) is 6.65. The van der Waals surface area contributed by atoms with Crippen LogP contribution < -0.4 is 0 Å². The monoisotopic (exact) mass is 435 g/mol. The van der Waals surface area contributed by atoms with Gasteiger partial charge in [-0.05, 0) is 25.5 Å². The Kier molecular flexibility index (Phi) is 6.34. The first-order chi connectivity index (χ1) is 13.6. The summed E-state index contributed by atoms with van der Waals surface area (Å²) in [5.41, 5.74) is 2.36. The fourth-order valence-corrected chi connectivity index (χ4v) is 4.01. The zero-order valence-electron chi connectivity index (χ0n) is 15.6. The summed E-state index contributed by atoms with van der Waals surface area (Å²) in [4.78, 5) is 17.1. The van der Waals surface area contributed by atoms with E-state index < -0.39 is 17.0 Å². The highest BCUT2D eigenvalue weighted by Gasteiger charge is 2.32. The smallest absolute Gasteiger partial charge is 0.293 e. The number of halogens is 4. The van der Waals surface area contributed by atoms with Crippen molar-refractivity contribution in [3.63, 3.8) is 0 Å². The number of rotatable bonds is 5. The van der Waals surface area contributed by atoms with E-state index >= 15 is 0 Å². The number of hydrogen-bond acceptors (Lipinski definition) is 3. The standard InChI is InChI=1S/C22H17ClF3NOS/c1-13-3-7-15(8-4-13)19(28)20(16-9-5-14(2)6-10-16)29-21-18(23)11-17(12-27-21)22(24,25)26/h3-12,20H,1-2H3. The Labute approximate surface area is 176 Å². The number of hydrogen-bond donors (Lipinski definition) is 0. The number of benzene rings is 2. The summed E-state index contributed by atoms with van der Waals surface area (Å²) in [7, 11) is 0. The maximum absolute atomic E-state index is 13.2. The third-order valence-electron chi connectivity index (χ3n) is 4.32. The molecule has 1 heterocycles. The number of carbonyl (C=O) groups excluding carboxylic acids is 1. The third kappa shape index (κ3) is 5.19. The van der Waals surface area contributed by atoms with Gasteiger partial charge in [0.1, 0.15) is 5.03 Å². The molecule has 2 nitrogen and oxygen atoms in total. The first-order valence-electron chi connectivity index (χ1n) is 8.72. The average Bonchev–Trinajstić information content (AvgIpc) is 2.67. The SMILES string of the molecule is Cc1ccc(C(=O)C(Sc2ncc(C(F)(F)F)cc2Cl)c2ccc(C)cc2)cc1. The van der Waals surface area contributed by atoms with Crippen LogP contribution in [0.4, 0.5) is 13.2 Å². The highest BCUT2D eigenvalue weighted by Crippen LogP contribution is 2.41. The first kappa shape index (κ1) is 21.4. The second kappa shape index (κ2) is 8.59. The molecule has 1 atom stereocenters. The van der Waals surface area contributed by atoms with Crippen LogP contribution in [0.3, 0.4) is 0 Å². The van der Waals surface area contributed by atoms with Crippen molar-refractivity contribution in [1.82, 2.24) is 4.98 Å². The number of nitrogens with zero attached hydrogens (tertiary/aromatic N) is 1. The van der Waals surface area contributed by atoms with Gasteiger partial charge < -0.3 is 0 Å². The van der Waals surface area contributed by atoms with E-state index in [4.69, 9.17) is 11.6 Å². The summed E-state index contributed by atoms with van der Waals surface area (Å²) in [5.74, 6) is -0.170. The minimum Gasteiger partial charge on any atom is -0.293 e. The summed E-state index contributed by atoms with van der Waals surface area (Å²) in [6.07, 6.45) is -3.80. The molecule has 0 aliphatic heterocycles. The zero-order chi connectivity index (χ0) is 21.2. The fraction of sp³-hybridized carbons (Fsp3) is 0.182. The van der Waals surface area contributed by atoms with Gasteiger partial charge in [0.05, 0.1) is 15.8 Å². The van der Waals surface area contributed by atoms with E-state index in [0.29, 0.717) is 5.56 Å². The molecule has 0 saturated heterocycles. The van der Waals surface area contributed by atoms with Gasteiger partial charge in [-0.1, -0.05) is 83.0 Å². The molecule has 0 saturated carbocycles. The predicted molar refractivity (Wildman–Crippen MR) is 110 cm³/mol. The summed E-state index contributed by atoms with van der Waals surface area (Å²) < 4.78 is 38.7. The van der Waals surface area contributed by atoms with Crippen molar-refractivity contribution in [3.05, 3.63) is 93.6 Å². The molecule has 0 aliphatic carbocycles. The molecule has 0 spiro atoms. The average molecular weight is 436 g/mol. The number of thioether (sulfide) groups is 1. The minimum atomic E-state index is -4.53. The van der Waals surface area contributed by atoms with Crippen LogP contribution in [0.15, 0.2) is 65.8 Å². The summed E-state index contributed by atoms with van der Waals surface area (Å²) in [6, 6.07) is 15.4. The van der Waals surface area contributed by atoms with Gasteiger partial charge in [-0.15, -0.1) is 0 Å². The molecule has 3 aromatic rings. The maximum Gasteiger partial charge on any atom is 0.417 e. The lowest BCUT2D eigenvalue weighted by Crippen LogP contribution is -2.11.